The lowest BCUT2D eigenvalue weighted by molar-refractivity contribution is 1.07. The molecule has 0 bridgehead atoms. The van der Waals surface area contributed by atoms with Crippen molar-refractivity contribution >= 4 is 0 Å². The van der Waals surface area contributed by atoms with E-state index in [9.17, 15) is 0 Å². The van der Waals surface area contributed by atoms with Crippen LogP contribution >= 0.6 is 0 Å². The summed E-state index contributed by atoms with van der Waals surface area (Å²) < 4.78 is 0. The molecule has 0 radical (unpaired) electrons. The monoisotopic (exact) mass is 400 g/mol. The molecule has 0 saturated heterocycles. The molecule has 3 aromatic carbocycles. The van der Waals surface area contributed by atoms with Crippen LogP contribution in [0.3, 0.4) is 0 Å². The fourth-order valence-electron chi connectivity index (χ4n) is 3.57. The van der Waals surface area contributed by atoms with Crippen LogP contribution in [-0.2, 0) is 0 Å². The third-order valence-corrected chi connectivity index (χ3v) is 5.15. The van der Waals surface area contributed by atoms with E-state index < -0.39 is 0 Å². The Hall–Kier alpha value is -4.18. The highest BCUT2D eigenvalue weighted by Crippen LogP contribution is 2.26. The molecule has 0 N–H and O–H groups in total. The topological polar surface area (TPSA) is 51.6 Å². The number of aryl methyl sites for hydroxylation is 1. The first-order chi connectivity index (χ1) is 15.3. The third-order valence-electron chi connectivity index (χ3n) is 5.15. The third kappa shape index (κ3) is 4.09. The van der Waals surface area contributed by atoms with E-state index in [-0.39, 0.29) is 0 Å². The Bertz CT molecular complexity index is 1330. The summed E-state index contributed by atoms with van der Waals surface area (Å²) in [6, 6.07) is 28.9. The number of nitrogens with zero attached hydrogens (tertiary/aromatic N) is 4. The Labute approximate surface area is 181 Å². The molecule has 148 valence electrons. The molecule has 0 atom stereocenters. The predicted molar refractivity (Wildman–Crippen MR) is 124 cm³/mol. The van der Waals surface area contributed by atoms with E-state index in [1.165, 1.54) is 5.56 Å². The molecule has 0 unspecified atom stereocenters. The smallest absolute Gasteiger partial charge is 0.163 e. The summed E-state index contributed by atoms with van der Waals surface area (Å²) in [7, 11) is 0. The van der Waals surface area contributed by atoms with Crippen LogP contribution in [0, 0.1) is 6.92 Å². The molecule has 2 heterocycles. The van der Waals surface area contributed by atoms with E-state index >= 15 is 0 Å². The van der Waals surface area contributed by atoms with E-state index in [1.807, 2.05) is 61.8 Å². The maximum absolute atomic E-state index is 4.73. The summed E-state index contributed by atoms with van der Waals surface area (Å²) in [5.41, 5.74) is 7.57. The van der Waals surface area contributed by atoms with Gasteiger partial charge in [0.25, 0.3) is 0 Å². The summed E-state index contributed by atoms with van der Waals surface area (Å²) in [5.74, 6) is 1.32. The largest absolute Gasteiger partial charge is 0.264 e. The van der Waals surface area contributed by atoms with Gasteiger partial charge >= 0.3 is 0 Å². The highest BCUT2D eigenvalue weighted by atomic mass is 15.0. The highest BCUT2D eigenvalue weighted by molar-refractivity contribution is 5.71. The predicted octanol–water partition coefficient (Wildman–Crippen LogP) is 6.24. The second-order valence-electron chi connectivity index (χ2n) is 7.41. The number of hydrogen-bond acceptors (Lipinski definition) is 4. The number of aromatic nitrogens is 4. The van der Waals surface area contributed by atoms with Crippen LogP contribution in [0.4, 0.5) is 0 Å². The average molecular weight is 400 g/mol. The number of benzene rings is 3. The Morgan fingerprint density at radius 2 is 1.16 bits per heavy atom. The fraction of sp³-hybridized carbons (Fsp3) is 0.0370. The normalized spacial score (nSPS) is 10.7. The van der Waals surface area contributed by atoms with Gasteiger partial charge in [0.05, 0.1) is 0 Å². The van der Waals surface area contributed by atoms with Crippen LogP contribution in [0.15, 0.2) is 104 Å². The number of pyridine rings is 1. The molecule has 2 aromatic heterocycles. The van der Waals surface area contributed by atoms with Crippen LogP contribution in [-0.4, -0.2) is 19.9 Å². The quantitative estimate of drug-likeness (QED) is 0.358. The van der Waals surface area contributed by atoms with E-state index in [4.69, 9.17) is 4.98 Å². The van der Waals surface area contributed by atoms with Gasteiger partial charge < -0.3 is 0 Å². The molecule has 31 heavy (non-hydrogen) atoms. The van der Waals surface area contributed by atoms with Gasteiger partial charge in [-0.05, 0) is 41.3 Å². The molecule has 0 spiro atoms. The van der Waals surface area contributed by atoms with Crippen LogP contribution in [0.25, 0.3) is 45.0 Å². The SMILES string of the molecule is Cc1cncc(-c2ccc(-c3ncnc(-c4cccc(-c5ccccc5)c4)n3)cc2)c1. The molecular formula is C27H20N4. The zero-order valence-electron chi connectivity index (χ0n) is 17.1. The molecule has 0 amide bonds. The van der Waals surface area contributed by atoms with Crippen molar-refractivity contribution in [3.63, 3.8) is 0 Å². The van der Waals surface area contributed by atoms with Crippen LogP contribution in [0.1, 0.15) is 5.56 Å². The van der Waals surface area contributed by atoms with Gasteiger partial charge in [-0.3, -0.25) is 4.98 Å². The summed E-state index contributed by atoms with van der Waals surface area (Å²) in [6.07, 6.45) is 5.31. The van der Waals surface area contributed by atoms with Gasteiger partial charge in [0, 0.05) is 29.1 Å². The fourth-order valence-corrected chi connectivity index (χ4v) is 3.57. The van der Waals surface area contributed by atoms with Crippen LogP contribution in [0.5, 0.6) is 0 Å². The number of hydrogen-bond donors (Lipinski definition) is 0. The molecular weight excluding hydrogens is 380 g/mol. The van der Waals surface area contributed by atoms with Gasteiger partial charge in [-0.1, -0.05) is 72.8 Å². The molecule has 0 aliphatic rings. The van der Waals surface area contributed by atoms with E-state index in [0.717, 1.165) is 33.4 Å². The molecule has 0 aliphatic heterocycles. The zero-order valence-corrected chi connectivity index (χ0v) is 17.1. The van der Waals surface area contributed by atoms with Crippen molar-refractivity contribution in [1.29, 1.82) is 0 Å². The van der Waals surface area contributed by atoms with Crippen molar-refractivity contribution in [2.24, 2.45) is 0 Å². The molecule has 5 rings (SSSR count). The minimum Gasteiger partial charge on any atom is -0.264 e. The molecule has 0 saturated carbocycles. The van der Waals surface area contributed by atoms with E-state index in [0.29, 0.717) is 11.6 Å². The van der Waals surface area contributed by atoms with Gasteiger partial charge in [-0.15, -0.1) is 0 Å². The highest BCUT2D eigenvalue weighted by Gasteiger charge is 2.08. The maximum Gasteiger partial charge on any atom is 0.163 e. The first-order valence-electron chi connectivity index (χ1n) is 10.1. The summed E-state index contributed by atoms with van der Waals surface area (Å²) in [5, 5.41) is 0. The minimum atomic E-state index is 0.657. The Morgan fingerprint density at radius 3 is 1.94 bits per heavy atom. The molecule has 5 aromatic rings. The Morgan fingerprint density at radius 1 is 0.516 bits per heavy atom. The molecule has 4 nitrogen and oxygen atoms in total. The van der Waals surface area contributed by atoms with Gasteiger partial charge in [-0.25, -0.2) is 15.0 Å². The zero-order chi connectivity index (χ0) is 21.0. The first-order valence-corrected chi connectivity index (χ1v) is 10.1. The van der Waals surface area contributed by atoms with Crippen molar-refractivity contribution in [1.82, 2.24) is 19.9 Å². The van der Waals surface area contributed by atoms with Crippen molar-refractivity contribution in [3.05, 3.63) is 109 Å². The molecule has 0 fully saturated rings. The lowest BCUT2D eigenvalue weighted by Gasteiger charge is -2.07. The molecule has 0 aliphatic carbocycles. The van der Waals surface area contributed by atoms with Crippen LogP contribution < -0.4 is 0 Å². The maximum atomic E-state index is 4.73. The van der Waals surface area contributed by atoms with Gasteiger partial charge in [0.1, 0.15) is 6.33 Å². The van der Waals surface area contributed by atoms with Crippen LogP contribution in [0.2, 0.25) is 0 Å². The van der Waals surface area contributed by atoms with Gasteiger partial charge in [-0.2, -0.15) is 0 Å². The second-order valence-corrected chi connectivity index (χ2v) is 7.41. The van der Waals surface area contributed by atoms with Crippen molar-refractivity contribution in [2.45, 2.75) is 6.92 Å². The summed E-state index contributed by atoms with van der Waals surface area (Å²) in [6.45, 7) is 2.05. The average Bonchev–Trinajstić information content (AvgIpc) is 2.85. The first kappa shape index (κ1) is 18.8. The Kier molecular flexibility index (Phi) is 5.03. The second kappa shape index (κ2) is 8.28. The lowest BCUT2D eigenvalue weighted by atomic mass is 10.0. The van der Waals surface area contributed by atoms with Gasteiger partial charge in [0.15, 0.2) is 11.6 Å². The standard InChI is InChI=1S/C27H20N4/c1-19-14-25(17-28-16-19)21-10-12-22(13-11-21)26-29-18-30-27(31-26)24-9-5-8-23(15-24)20-6-3-2-4-7-20/h2-18H,1H3. The number of rotatable bonds is 4. The van der Waals surface area contributed by atoms with Gasteiger partial charge in [0.2, 0.25) is 0 Å². The Balaban J connectivity index is 1.46. The van der Waals surface area contributed by atoms with E-state index in [2.05, 4.69) is 57.4 Å². The van der Waals surface area contributed by atoms with E-state index in [1.54, 1.807) is 6.33 Å². The van der Waals surface area contributed by atoms with Crippen molar-refractivity contribution in [3.8, 4) is 45.0 Å². The lowest BCUT2D eigenvalue weighted by Crippen LogP contribution is -1.95. The van der Waals surface area contributed by atoms with Crippen molar-refractivity contribution in [2.75, 3.05) is 0 Å². The molecule has 4 heteroatoms. The summed E-state index contributed by atoms with van der Waals surface area (Å²) >= 11 is 0. The summed E-state index contributed by atoms with van der Waals surface area (Å²) in [4.78, 5) is 17.8. The minimum absolute atomic E-state index is 0.657. The van der Waals surface area contributed by atoms with Crippen molar-refractivity contribution < 1.29 is 0 Å².